The SMILES string of the molecule is CCC(C)C(N)C(=O)NC(CCC(N)=O)C(=O)NC(Cc1ccc(O)cc1)C(=O)NC(Cc1ccccc1)C(=O)O. The number of hydrogen-bond acceptors (Lipinski definition) is 7. The Bertz CT molecular complexity index is 1190. The summed E-state index contributed by atoms with van der Waals surface area (Å²) in [5, 5.41) is 27.0. The number of phenolic OH excluding ortho intramolecular Hbond substituents is 1. The standard InChI is InChI=1S/C29H39N5O7/c1-3-17(2)25(31)28(39)32-21(13-14-24(30)36)26(37)33-22(15-19-9-11-20(35)12-10-19)27(38)34-23(29(40)41)16-18-7-5-4-6-8-18/h4-12,17,21-23,25,35H,3,13-16,31H2,1-2H3,(H2,30,36)(H,32,39)(H,33,37)(H,34,38)(H,40,41). The van der Waals surface area contributed by atoms with Crippen molar-refractivity contribution in [1.82, 2.24) is 16.0 Å². The molecule has 2 aromatic rings. The van der Waals surface area contributed by atoms with Gasteiger partial charge in [0.1, 0.15) is 23.9 Å². The van der Waals surface area contributed by atoms with Crippen molar-refractivity contribution in [2.75, 3.05) is 0 Å². The number of carbonyl (C=O) groups is 5. The Morgan fingerprint density at radius 1 is 0.780 bits per heavy atom. The van der Waals surface area contributed by atoms with Gasteiger partial charge in [-0.2, -0.15) is 0 Å². The van der Waals surface area contributed by atoms with Crippen molar-refractivity contribution in [2.45, 2.75) is 70.1 Å². The molecule has 0 heterocycles. The molecular weight excluding hydrogens is 530 g/mol. The number of aliphatic carboxylic acids is 1. The zero-order chi connectivity index (χ0) is 30.5. The third kappa shape index (κ3) is 10.9. The van der Waals surface area contributed by atoms with Crippen molar-refractivity contribution in [3.05, 3.63) is 65.7 Å². The second-order valence-electron chi connectivity index (χ2n) is 10.00. The summed E-state index contributed by atoms with van der Waals surface area (Å²) in [7, 11) is 0. The summed E-state index contributed by atoms with van der Waals surface area (Å²) in [5.74, 6) is -4.28. The highest BCUT2D eigenvalue weighted by atomic mass is 16.4. The minimum absolute atomic E-state index is 0.000496. The fourth-order valence-corrected chi connectivity index (χ4v) is 4.01. The van der Waals surface area contributed by atoms with Crippen molar-refractivity contribution < 1.29 is 34.2 Å². The molecule has 2 aromatic carbocycles. The number of carboxylic acids is 1. The van der Waals surface area contributed by atoms with Crippen molar-refractivity contribution in [3.63, 3.8) is 0 Å². The Morgan fingerprint density at radius 3 is 1.85 bits per heavy atom. The summed E-state index contributed by atoms with van der Waals surface area (Å²) in [6, 6.07) is 9.97. The third-order valence-electron chi connectivity index (χ3n) is 6.78. The summed E-state index contributed by atoms with van der Waals surface area (Å²) in [6.45, 7) is 3.65. The molecule has 5 unspecified atom stereocenters. The number of carboxylic acid groups (broad SMARTS) is 1. The predicted molar refractivity (Wildman–Crippen MR) is 151 cm³/mol. The molecule has 12 nitrogen and oxygen atoms in total. The van der Waals surface area contributed by atoms with Gasteiger partial charge in [-0.3, -0.25) is 19.2 Å². The molecule has 0 aliphatic carbocycles. The molecule has 0 saturated heterocycles. The second-order valence-corrected chi connectivity index (χ2v) is 10.00. The van der Waals surface area contributed by atoms with Gasteiger partial charge in [0.2, 0.25) is 23.6 Å². The number of amides is 4. The summed E-state index contributed by atoms with van der Waals surface area (Å²) in [5.41, 5.74) is 12.5. The molecule has 9 N–H and O–H groups in total. The Morgan fingerprint density at radius 2 is 1.29 bits per heavy atom. The number of phenols is 1. The Labute approximate surface area is 238 Å². The lowest BCUT2D eigenvalue weighted by Gasteiger charge is -2.26. The van der Waals surface area contributed by atoms with Gasteiger partial charge in [-0.15, -0.1) is 0 Å². The molecular formula is C29H39N5O7. The van der Waals surface area contributed by atoms with Crippen LogP contribution in [0, 0.1) is 5.92 Å². The number of hydrogen-bond donors (Lipinski definition) is 7. The highest BCUT2D eigenvalue weighted by Crippen LogP contribution is 2.13. The first-order valence-electron chi connectivity index (χ1n) is 13.4. The first kappa shape index (κ1) is 32.8. The Balaban J connectivity index is 2.29. The molecule has 2 rings (SSSR count). The lowest BCUT2D eigenvalue weighted by molar-refractivity contribution is -0.142. The van der Waals surface area contributed by atoms with E-state index in [2.05, 4.69) is 16.0 Å². The molecule has 0 bridgehead atoms. The first-order chi connectivity index (χ1) is 19.4. The maximum absolute atomic E-state index is 13.4. The molecule has 4 amide bonds. The van der Waals surface area contributed by atoms with Crippen LogP contribution in [-0.2, 0) is 36.8 Å². The maximum atomic E-state index is 13.4. The fourth-order valence-electron chi connectivity index (χ4n) is 4.01. The number of carbonyl (C=O) groups excluding carboxylic acids is 4. The van der Waals surface area contributed by atoms with E-state index in [1.54, 1.807) is 49.4 Å². The smallest absolute Gasteiger partial charge is 0.326 e. The van der Waals surface area contributed by atoms with E-state index in [0.717, 1.165) is 0 Å². The molecule has 0 fully saturated rings. The van der Waals surface area contributed by atoms with E-state index in [1.165, 1.54) is 12.1 Å². The van der Waals surface area contributed by atoms with Crippen LogP contribution in [-0.4, -0.2) is 64.0 Å². The van der Waals surface area contributed by atoms with E-state index >= 15 is 0 Å². The van der Waals surface area contributed by atoms with E-state index in [1.807, 2.05) is 6.92 Å². The molecule has 0 aliphatic heterocycles. The maximum Gasteiger partial charge on any atom is 0.326 e. The van der Waals surface area contributed by atoms with Gasteiger partial charge < -0.3 is 37.6 Å². The van der Waals surface area contributed by atoms with Crippen LogP contribution in [0.5, 0.6) is 5.75 Å². The lowest BCUT2D eigenvalue weighted by Crippen LogP contribution is -2.58. The Hall–Kier alpha value is -4.45. The number of aromatic hydroxyl groups is 1. The normalized spacial score (nSPS) is 14.5. The molecule has 222 valence electrons. The number of benzene rings is 2. The zero-order valence-electron chi connectivity index (χ0n) is 23.2. The first-order valence-corrected chi connectivity index (χ1v) is 13.4. The molecule has 0 radical (unpaired) electrons. The van der Waals surface area contributed by atoms with Crippen LogP contribution in [0.4, 0.5) is 0 Å². The monoisotopic (exact) mass is 569 g/mol. The van der Waals surface area contributed by atoms with Crippen LogP contribution < -0.4 is 27.4 Å². The van der Waals surface area contributed by atoms with Gasteiger partial charge in [-0.25, -0.2) is 4.79 Å². The highest BCUT2D eigenvalue weighted by Gasteiger charge is 2.31. The molecule has 41 heavy (non-hydrogen) atoms. The van der Waals surface area contributed by atoms with Crippen molar-refractivity contribution in [3.8, 4) is 5.75 Å². The summed E-state index contributed by atoms with van der Waals surface area (Å²) in [6.07, 6.45) is 0.212. The van der Waals surface area contributed by atoms with Gasteiger partial charge in [-0.1, -0.05) is 62.7 Å². The van der Waals surface area contributed by atoms with Crippen LogP contribution >= 0.6 is 0 Å². The molecule has 0 aromatic heterocycles. The van der Waals surface area contributed by atoms with Crippen molar-refractivity contribution in [1.29, 1.82) is 0 Å². The van der Waals surface area contributed by atoms with E-state index in [0.29, 0.717) is 17.5 Å². The second kappa shape index (κ2) is 16.0. The van der Waals surface area contributed by atoms with Crippen LogP contribution in [0.25, 0.3) is 0 Å². The van der Waals surface area contributed by atoms with Crippen LogP contribution in [0.3, 0.4) is 0 Å². The van der Waals surface area contributed by atoms with Gasteiger partial charge in [0.15, 0.2) is 0 Å². The average molecular weight is 570 g/mol. The van der Waals surface area contributed by atoms with E-state index < -0.39 is 53.8 Å². The quantitative estimate of drug-likeness (QED) is 0.149. The van der Waals surface area contributed by atoms with E-state index in [4.69, 9.17) is 11.5 Å². The number of primary amides is 1. The van der Waals surface area contributed by atoms with Gasteiger partial charge in [0, 0.05) is 19.3 Å². The van der Waals surface area contributed by atoms with Gasteiger partial charge >= 0.3 is 5.97 Å². The zero-order valence-corrected chi connectivity index (χ0v) is 23.2. The third-order valence-corrected chi connectivity index (χ3v) is 6.78. The summed E-state index contributed by atoms with van der Waals surface area (Å²) >= 11 is 0. The molecule has 0 spiro atoms. The minimum Gasteiger partial charge on any atom is -0.508 e. The number of rotatable bonds is 16. The van der Waals surface area contributed by atoms with Crippen LogP contribution in [0.2, 0.25) is 0 Å². The van der Waals surface area contributed by atoms with E-state index in [9.17, 15) is 34.2 Å². The van der Waals surface area contributed by atoms with E-state index in [-0.39, 0.29) is 37.4 Å². The topological polar surface area (TPSA) is 214 Å². The predicted octanol–water partition coefficient (Wildman–Crippen LogP) is 0.355. The molecule has 0 aliphatic rings. The van der Waals surface area contributed by atoms with Gasteiger partial charge in [0.25, 0.3) is 0 Å². The van der Waals surface area contributed by atoms with Crippen molar-refractivity contribution >= 4 is 29.6 Å². The fraction of sp³-hybridized carbons (Fsp3) is 0.414. The Kier molecular flexibility index (Phi) is 12.8. The molecule has 12 heteroatoms. The minimum atomic E-state index is -1.29. The number of nitrogens with two attached hydrogens (primary N) is 2. The molecule has 0 saturated carbocycles. The molecule has 5 atom stereocenters. The van der Waals surface area contributed by atoms with Gasteiger partial charge in [-0.05, 0) is 35.6 Å². The lowest BCUT2D eigenvalue weighted by atomic mass is 9.98. The van der Waals surface area contributed by atoms with Crippen molar-refractivity contribution in [2.24, 2.45) is 17.4 Å². The highest BCUT2D eigenvalue weighted by molar-refractivity contribution is 5.94. The average Bonchev–Trinajstić information content (AvgIpc) is 2.94. The summed E-state index contributed by atoms with van der Waals surface area (Å²) < 4.78 is 0. The summed E-state index contributed by atoms with van der Waals surface area (Å²) in [4.78, 5) is 62.9. The van der Waals surface area contributed by atoms with Gasteiger partial charge in [0.05, 0.1) is 6.04 Å². The van der Waals surface area contributed by atoms with Crippen LogP contribution in [0.1, 0.15) is 44.2 Å². The number of nitrogens with one attached hydrogen (secondary N) is 3. The van der Waals surface area contributed by atoms with Crippen LogP contribution in [0.15, 0.2) is 54.6 Å². The largest absolute Gasteiger partial charge is 0.508 e.